The van der Waals surface area contributed by atoms with Crippen molar-refractivity contribution in [1.82, 2.24) is 5.32 Å². The molecule has 66 valence electrons. The second kappa shape index (κ2) is 4.30. The van der Waals surface area contributed by atoms with Gasteiger partial charge in [0.1, 0.15) is 0 Å². The molecule has 0 heterocycles. The van der Waals surface area contributed by atoms with E-state index in [1.54, 1.807) is 6.92 Å². The second-order valence-electron chi connectivity index (χ2n) is 1.99. The number of amides is 1. The molecule has 11 heavy (non-hydrogen) atoms. The lowest BCUT2D eigenvalue weighted by molar-refractivity contribution is -0.120. The molecule has 0 radical (unpaired) electrons. The lowest BCUT2D eigenvalue weighted by atomic mass is 10.4. The highest BCUT2D eigenvalue weighted by atomic mass is 32.2. The molecule has 0 aliphatic rings. The fraction of sp³-hybridized carbons (Fsp3) is 0.800. The minimum absolute atomic E-state index is 0.0362. The van der Waals surface area contributed by atoms with E-state index in [2.05, 4.69) is 5.32 Å². The Balaban J connectivity index is 3.51. The molecule has 0 rings (SSSR count). The molecular weight excluding hydrogens is 170 g/mol. The van der Waals surface area contributed by atoms with Gasteiger partial charge in [0, 0.05) is 13.0 Å². The Bertz CT molecular complexity index is 221. The SMILES string of the molecule is CCC(=O)NCCS(=O)(=O)O. The summed E-state index contributed by atoms with van der Waals surface area (Å²) in [4.78, 5) is 10.5. The van der Waals surface area contributed by atoms with Crippen LogP contribution in [0.15, 0.2) is 0 Å². The van der Waals surface area contributed by atoms with Crippen LogP contribution in [0.4, 0.5) is 0 Å². The van der Waals surface area contributed by atoms with E-state index in [1.165, 1.54) is 0 Å². The van der Waals surface area contributed by atoms with E-state index in [9.17, 15) is 13.2 Å². The Morgan fingerprint density at radius 3 is 2.45 bits per heavy atom. The first-order valence-electron chi connectivity index (χ1n) is 3.17. The third-order valence-corrected chi connectivity index (χ3v) is 1.72. The van der Waals surface area contributed by atoms with Crippen molar-refractivity contribution < 1.29 is 17.8 Å². The predicted octanol–water partition coefficient (Wildman–Crippen LogP) is -0.600. The molecule has 6 heteroatoms. The van der Waals surface area contributed by atoms with E-state index in [-0.39, 0.29) is 12.5 Å². The van der Waals surface area contributed by atoms with Crippen LogP contribution >= 0.6 is 0 Å². The van der Waals surface area contributed by atoms with Gasteiger partial charge in [0.25, 0.3) is 10.1 Å². The molecule has 0 saturated carbocycles. The Kier molecular flexibility index (Phi) is 4.06. The van der Waals surface area contributed by atoms with Gasteiger partial charge in [0.05, 0.1) is 5.75 Å². The number of carbonyl (C=O) groups is 1. The molecule has 0 aliphatic carbocycles. The van der Waals surface area contributed by atoms with Crippen LogP contribution in [0, 0.1) is 0 Å². The van der Waals surface area contributed by atoms with Gasteiger partial charge in [0.2, 0.25) is 5.91 Å². The molecule has 0 atom stereocenters. The van der Waals surface area contributed by atoms with Gasteiger partial charge in [-0.25, -0.2) is 0 Å². The molecular formula is C5H11NO4S. The number of hydrogen-bond donors (Lipinski definition) is 2. The quantitative estimate of drug-likeness (QED) is 0.567. The smallest absolute Gasteiger partial charge is 0.266 e. The van der Waals surface area contributed by atoms with Crippen molar-refractivity contribution in [3.63, 3.8) is 0 Å². The van der Waals surface area contributed by atoms with Crippen LogP contribution in [0.1, 0.15) is 13.3 Å². The van der Waals surface area contributed by atoms with E-state index >= 15 is 0 Å². The molecule has 0 saturated heterocycles. The van der Waals surface area contributed by atoms with Gasteiger partial charge >= 0.3 is 0 Å². The van der Waals surface area contributed by atoms with Crippen LogP contribution in [0.3, 0.4) is 0 Å². The molecule has 5 nitrogen and oxygen atoms in total. The molecule has 1 amide bonds. The van der Waals surface area contributed by atoms with Crippen LogP contribution in [0.2, 0.25) is 0 Å². The Labute approximate surface area is 65.5 Å². The highest BCUT2D eigenvalue weighted by Crippen LogP contribution is 1.80. The average molecular weight is 181 g/mol. The van der Waals surface area contributed by atoms with Gasteiger partial charge in [-0.15, -0.1) is 0 Å². The lowest BCUT2D eigenvalue weighted by Crippen LogP contribution is -2.28. The van der Waals surface area contributed by atoms with Gasteiger partial charge in [0.15, 0.2) is 0 Å². The normalized spacial score (nSPS) is 11.1. The standard InChI is InChI=1S/C5H11NO4S/c1-2-5(7)6-3-4-11(8,9)10/h2-4H2,1H3,(H,6,7)(H,8,9,10). The first kappa shape index (κ1) is 10.4. The molecule has 2 N–H and O–H groups in total. The first-order chi connectivity index (χ1) is 4.95. The maximum atomic E-state index is 10.5. The summed E-state index contributed by atoms with van der Waals surface area (Å²) in [5.74, 6) is -0.660. The fourth-order valence-electron chi connectivity index (χ4n) is 0.444. The van der Waals surface area contributed by atoms with E-state index in [0.717, 1.165) is 0 Å². The average Bonchev–Trinajstić information content (AvgIpc) is 1.85. The van der Waals surface area contributed by atoms with Gasteiger partial charge < -0.3 is 5.32 Å². The van der Waals surface area contributed by atoms with Crippen LogP contribution in [0.25, 0.3) is 0 Å². The van der Waals surface area contributed by atoms with Gasteiger partial charge in [-0.3, -0.25) is 9.35 Å². The zero-order valence-electron chi connectivity index (χ0n) is 6.20. The van der Waals surface area contributed by atoms with Crippen molar-refractivity contribution in [2.75, 3.05) is 12.3 Å². The van der Waals surface area contributed by atoms with E-state index < -0.39 is 15.9 Å². The summed E-state index contributed by atoms with van der Waals surface area (Å²) < 4.78 is 28.4. The zero-order valence-corrected chi connectivity index (χ0v) is 7.02. The van der Waals surface area contributed by atoms with Crippen molar-refractivity contribution in [3.05, 3.63) is 0 Å². The molecule has 0 aromatic carbocycles. The Morgan fingerprint density at radius 1 is 1.55 bits per heavy atom. The first-order valence-corrected chi connectivity index (χ1v) is 4.78. The second-order valence-corrected chi connectivity index (χ2v) is 3.56. The summed E-state index contributed by atoms with van der Waals surface area (Å²) in [6.07, 6.45) is 0.311. The molecule has 0 aromatic heterocycles. The van der Waals surface area contributed by atoms with Crippen LogP contribution in [-0.4, -0.2) is 31.2 Å². The van der Waals surface area contributed by atoms with Crippen molar-refractivity contribution in [2.45, 2.75) is 13.3 Å². The third-order valence-electron chi connectivity index (χ3n) is 1.00. The lowest BCUT2D eigenvalue weighted by Gasteiger charge is -1.99. The van der Waals surface area contributed by atoms with Crippen molar-refractivity contribution in [1.29, 1.82) is 0 Å². The van der Waals surface area contributed by atoms with Crippen molar-refractivity contribution in [3.8, 4) is 0 Å². The summed E-state index contributed by atoms with van der Waals surface area (Å²) in [6.45, 7) is 1.62. The Morgan fingerprint density at radius 2 is 2.09 bits per heavy atom. The number of hydrogen-bond acceptors (Lipinski definition) is 3. The molecule has 0 unspecified atom stereocenters. The zero-order chi connectivity index (χ0) is 8.91. The van der Waals surface area contributed by atoms with Crippen LogP contribution in [-0.2, 0) is 14.9 Å². The molecule has 0 aromatic rings. The van der Waals surface area contributed by atoms with E-state index in [0.29, 0.717) is 6.42 Å². The predicted molar refractivity (Wildman–Crippen MR) is 39.7 cm³/mol. The highest BCUT2D eigenvalue weighted by Gasteiger charge is 2.04. The minimum Gasteiger partial charge on any atom is -0.355 e. The number of nitrogens with one attached hydrogen (secondary N) is 1. The number of carbonyl (C=O) groups excluding carboxylic acids is 1. The van der Waals surface area contributed by atoms with Gasteiger partial charge in [-0.1, -0.05) is 6.92 Å². The number of rotatable bonds is 4. The summed E-state index contributed by atoms with van der Waals surface area (Å²) in [6, 6.07) is 0. The minimum atomic E-state index is -3.94. The fourth-order valence-corrected chi connectivity index (χ4v) is 0.804. The Hall–Kier alpha value is -0.620. The summed E-state index contributed by atoms with van der Waals surface area (Å²) in [5.41, 5.74) is 0. The molecule has 0 aliphatic heterocycles. The third kappa shape index (κ3) is 7.27. The van der Waals surface area contributed by atoms with E-state index in [4.69, 9.17) is 4.55 Å². The monoisotopic (exact) mass is 181 g/mol. The molecule has 0 fully saturated rings. The molecule has 0 spiro atoms. The van der Waals surface area contributed by atoms with Crippen molar-refractivity contribution in [2.24, 2.45) is 0 Å². The highest BCUT2D eigenvalue weighted by molar-refractivity contribution is 7.85. The van der Waals surface area contributed by atoms with Crippen LogP contribution in [0.5, 0.6) is 0 Å². The van der Waals surface area contributed by atoms with Gasteiger partial charge in [-0.05, 0) is 0 Å². The molecule has 0 bridgehead atoms. The van der Waals surface area contributed by atoms with Crippen molar-refractivity contribution >= 4 is 16.0 Å². The van der Waals surface area contributed by atoms with Crippen LogP contribution < -0.4 is 5.32 Å². The largest absolute Gasteiger partial charge is 0.355 e. The van der Waals surface area contributed by atoms with E-state index in [1.807, 2.05) is 0 Å². The topological polar surface area (TPSA) is 83.5 Å². The maximum Gasteiger partial charge on any atom is 0.266 e. The summed E-state index contributed by atoms with van der Waals surface area (Å²) >= 11 is 0. The van der Waals surface area contributed by atoms with Gasteiger partial charge in [-0.2, -0.15) is 8.42 Å². The maximum absolute atomic E-state index is 10.5. The summed E-state index contributed by atoms with van der Waals surface area (Å²) in [7, 11) is -3.94. The summed E-state index contributed by atoms with van der Waals surface area (Å²) in [5, 5.41) is 2.31.